The Hall–Kier alpha value is -3.21. The van der Waals surface area contributed by atoms with Crippen molar-refractivity contribution in [2.24, 2.45) is 0 Å². The van der Waals surface area contributed by atoms with Crippen LogP contribution in [-0.4, -0.2) is 20.2 Å². The minimum atomic E-state index is -0.164. The number of rotatable bonds is 4. The molecule has 0 N–H and O–H groups in total. The van der Waals surface area contributed by atoms with Crippen molar-refractivity contribution in [3.8, 4) is 11.7 Å². The Morgan fingerprint density at radius 1 is 0.875 bits per heavy atom. The van der Waals surface area contributed by atoms with Crippen LogP contribution in [0, 0.1) is 0 Å². The summed E-state index contributed by atoms with van der Waals surface area (Å²) in [4.78, 5) is 0. The zero-order chi connectivity index (χ0) is 16.4. The third-order valence-electron chi connectivity index (χ3n) is 3.97. The molecule has 0 saturated heterocycles. The molecule has 4 aromatic rings. The number of nitrogens with zero attached hydrogens (tertiary/aromatic N) is 4. The normalized spacial score (nSPS) is 12.2. The highest BCUT2D eigenvalue weighted by Gasteiger charge is 2.14. The summed E-state index contributed by atoms with van der Waals surface area (Å²) in [5.41, 5.74) is 1.94. The molecule has 0 amide bonds. The molecule has 0 aliphatic heterocycles. The number of para-hydroxylation sites is 1. The van der Waals surface area contributed by atoms with Crippen molar-refractivity contribution in [1.29, 1.82) is 0 Å². The van der Waals surface area contributed by atoms with Crippen molar-refractivity contribution >= 4 is 10.8 Å². The van der Waals surface area contributed by atoms with Gasteiger partial charge in [0.05, 0.1) is 5.69 Å². The van der Waals surface area contributed by atoms with Gasteiger partial charge in [-0.1, -0.05) is 59.7 Å². The molecule has 24 heavy (non-hydrogen) atoms. The van der Waals surface area contributed by atoms with Gasteiger partial charge < -0.3 is 4.74 Å². The average molecular weight is 316 g/mol. The van der Waals surface area contributed by atoms with E-state index in [4.69, 9.17) is 4.74 Å². The first kappa shape index (κ1) is 14.4. The summed E-state index contributed by atoms with van der Waals surface area (Å²) in [5.74, 6) is 0. The molecule has 0 radical (unpaired) electrons. The molecule has 1 heterocycles. The highest BCUT2D eigenvalue weighted by atomic mass is 16.5. The Morgan fingerprint density at radius 2 is 1.62 bits per heavy atom. The van der Waals surface area contributed by atoms with E-state index in [-0.39, 0.29) is 6.10 Å². The monoisotopic (exact) mass is 316 g/mol. The van der Waals surface area contributed by atoms with Gasteiger partial charge in [-0.25, -0.2) is 0 Å². The van der Waals surface area contributed by atoms with Crippen molar-refractivity contribution in [3.05, 3.63) is 78.4 Å². The first-order valence-electron chi connectivity index (χ1n) is 7.80. The highest BCUT2D eigenvalue weighted by Crippen LogP contribution is 2.24. The van der Waals surface area contributed by atoms with Crippen molar-refractivity contribution in [2.75, 3.05) is 0 Å². The van der Waals surface area contributed by atoms with Crippen LogP contribution in [0.15, 0.2) is 72.8 Å². The van der Waals surface area contributed by atoms with E-state index in [0.29, 0.717) is 6.01 Å². The van der Waals surface area contributed by atoms with Gasteiger partial charge in [0.1, 0.15) is 6.10 Å². The second-order valence-electron chi connectivity index (χ2n) is 5.58. The van der Waals surface area contributed by atoms with Crippen LogP contribution < -0.4 is 4.74 Å². The number of ether oxygens (including phenoxy) is 1. The summed E-state index contributed by atoms with van der Waals surface area (Å²) in [6.07, 6.45) is -0.164. The highest BCUT2D eigenvalue weighted by molar-refractivity contribution is 5.83. The molecule has 0 saturated carbocycles. The molecular weight excluding hydrogens is 300 g/mol. The molecule has 0 spiro atoms. The maximum absolute atomic E-state index is 6.00. The Bertz CT molecular complexity index is 965. The molecule has 0 aliphatic rings. The van der Waals surface area contributed by atoms with E-state index in [2.05, 4.69) is 45.9 Å². The van der Waals surface area contributed by atoms with Crippen LogP contribution in [-0.2, 0) is 0 Å². The second-order valence-corrected chi connectivity index (χ2v) is 5.58. The second kappa shape index (κ2) is 6.12. The first-order valence-corrected chi connectivity index (χ1v) is 7.80. The summed E-state index contributed by atoms with van der Waals surface area (Å²) in [5, 5.41) is 14.1. The van der Waals surface area contributed by atoms with Gasteiger partial charge in [-0.3, -0.25) is 0 Å². The van der Waals surface area contributed by atoms with Crippen molar-refractivity contribution in [1.82, 2.24) is 20.2 Å². The maximum atomic E-state index is 6.00. The molecule has 4 rings (SSSR count). The van der Waals surface area contributed by atoms with E-state index in [1.807, 2.05) is 49.4 Å². The lowest BCUT2D eigenvalue weighted by molar-refractivity contribution is 0.201. The molecule has 5 heteroatoms. The number of tetrazole rings is 1. The molecule has 0 bridgehead atoms. The fraction of sp³-hybridized carbons (Fsp3) is 0.105. The SMILES string of the molecule is CC(Oc1nnnn1-c1ccccc1)c1ccc2ccccc2c1. The van der Waals surface area contributed by atoms with Crippen LogP contribution in [0.25, 0.3) is 16.5 Å². The molecule has 5 nitrogen and oxygen atoms in total. The van der Waals surface area contributed by atoms with Gasteiger partial charge in [0, 0.05) is 0 Å². The largest absolute Gasteiger partial charge is 0.454 e. The lowest BCUT2D eigenvalue weighted by Gasteiger charge is -2.14. The van der Waals surface area contributed by atoms with Crippen LogP contribution in [0.4, 0.5) is 0 Å². The summed E-state index contributed by atoms with van der Waals surface area (Å²) in [7, 11) is 0. The minimum Gasteiger partial charge on any atom is -0.454 e. The number of fused-ring (bicyclic) bond motifs is 1. The van der Waals surface area contributed by atoms with Crippen LogP contribution in [0.3, 0.4) is 0 Å². The Balaban J connectivity index is 1.62. The van der Waals surface area contributed by atoms with E-state index in [1.165, 1.54) is 10.8 Å². The van der Waals surface area contributed by atoms with Crippen molar-refractivity contribution in [3.63, 3.8) is 0 Å². The van der Waals surface area contributed by atoms with E-state index in [9.17, 15) is 0 Å². The van der Waals surface area contributed by atoms with Gasteiger partial charge in [0.25, 0.3) is 0 Å². The van der Waals surface area contributed by atoms with Crippen molar-refractivity contribution in [2.45, 2.75) is 13.0 Å². The molecule has 0 fully saturated rings. The zero-order valence-corrected chi connectivity index (χ0v) is 13.2. The number of benzene rings is 3. The fourth-order valence-corrected chi connectivity index (χ4v) is 2.67. The first-order chi connectivity index (χ1) is 11.8. The summed E-state index contributed by atoms with van der Waals surface area (Å²) >= 11 is 0. The summed E-state index contributed by atoms with van der Waals surface area (Å²) < 4.78 is 7.60. The van der Waals surface area contributed by atoms with E-state index >= 15 is 0 Å². The minimum absolute atomic E-state index is 0.164. The standard InChI is InChI=1S/C19H16N4O/c1-14(16-12-11-15-7-5-6-8-17(15)13-16)24-19-20-21-22-23(19)18-9-3-2-4-10-18/h2-14H,1H3. The topological polar surface area (TPSA) is 52.8 Å². The van der Waals surface area contributed by atoms with Gasteiger partial charge in [-0.2, -0.15) is 4.68 Å². The Labute approximate surface area is 139 Å². The van der Waals surface area contributed by atoms with Gasteiger partial charge in [-0.05, 0) is 51.9 Å². The molecule has 1 atom stereocenters. The lowest BCUT2D eigenvalue weighted by atomic mass is 10.0. The van der Waals surface area contributed by atoms with Gasteiger partial charge >= 0.3 is 6.01 Å². The van der Waals surface area contributed by atoms with E-state index in [1.54, 1.807) is 4.68 Å². The quantitative estimate of drug-likeness (QED) is 0.572. The number of hydrogen-bond acceptors (Lipinski definition) is 4. The predicted octanol–water partition coefficient (Wildman–Crippen LogP) is 3.96. The third kappa shape index (κ3) is 2.72. The molecule has 3 aromatic carbocycles. The summed E-state index contributed by atoms with van der Waals surface area (Å²) in [6.45, 7) is 1.99. The van der Waals surface area contributed by atoms with E-state index in [0.717, 1.165) is 11.3 Å². The molecule has 0 aliphatic carbocycles. The molecule has 1 aromatic heterocycles. The van der Waals surface area contributed by atoms with Crippen LogP contribution >= 0.6 is 0 Å². The Morgan fingerprint density at radius 3 is 2.46 bits per heavy atom. The van der Waals surface area contributed by atoms with Crippen molar-refractivity contribution < 1.29 is 4.74 Å². The lowest BCUT2D eigenvalue weighted by Crippen LogP contribution is -2.08. The molecular formula is C19H16N4O. The summed E-state index contributed by atoms with van der Waals surface area (Å²) in [6, 6.07) is 24.7. The zero-order valence-electron chi connectivity index (χ0n) is 13.2. The molecule has 1 unspecified atom stereocenters. The third-order valence-corrected chi connectivity index (χ3v) is 3.97. The smallest absolute Gasteiger partial charge is 0.340 e. The van der Waals surface area contributed by atoms with Gasteiger partial charge in [0.15, 0.2) is 0 Å². The van der Waals surface area contributed by atoms with E-state index < -0.39 is 0 Å². The maximum Gasteiger partial charge on any atom is 0.340 e. The van der Waals surface area contributed by atoms with Gasteiger partial charge in [-0.15, -0.1) is 0 Å². The van der Waals surface area contributed by atoms with Crippen LogP contribution in [0.5, 0.6) is 6.01 Å². The number of aromatic nitrogens is 4. The average Bonchev–Trinajstić information content (AvgIpc) is 3.10. The predicted molar refractivity (Wildman–Crippen MR) is 92.1 cm³/mol. The van der Waals surface area contributed by atoms with Crippen LogP contribution in [0.2, 0.25) is 0 Å². The van der Waals surface area contributed by atoms with Crippen LogP contribution in [0.1, 0.15) is 18.6 Å². The number of hydrogen-bond donors (Lipinski definition) is 0. The molecule has 118 valence electrons. The fourth-order valence-electron chi connectivity index (χ4n) is 2.67. The van der Waals surface area contributed by atoms with Gasteiger partial charge in [0.2, 0.25) is 0 Å². The Kier molecular flexibility index (Phi) is 3.67.